The van der Waals surface area contributed by atoms with Gasteiger partial charge in [-0.05, 0) is 63.5 Å². The van der Waals surface area contributed by atoms with Gasteiger partial charge in [-0.2, -0.15) is 10.4 Å². The number of nitrogens with two attached hydrogens (primary N) is 1. The van der Waals surface area contributed by atoms with Gasteiger partial charge in [0.1, 0.15) is 12.0 Å². The van der Waals surface area contributed by atoms with Gasteiger partial charge in [0.05, 0.1) is 22.9 Å². The van der Waals surface area contributed by atoms with Gasteiger partial charge in [0.15, 0.2) is 5.82 Å². The number of hydrogen-bond donors (Lipinski definition) is 2. The molecule has 0 unspecified atom stereocenters. The lowest BCUT2D eigenvalue weighted by molar-refractivity contribution is 0.132. The third kappa shape index (κ3) is 3.25. The highest BCUT2D eigenvalue weighted by molar-refractivity contribution is 5.94. The van der Waals surface area contributed by atoms with Crippen LogP contribution in [0.4, 0.5) is 11.6 Å². The van der Waals surface area contributed by atoms with E-state index in [-0.39, 0.29) is 0 Å². The van der Waals surface area contributed by atoms with Crippen molar-refractivity contribution >= 4 is 22.4 Å². The van der Waals surface area contributed by atoms with E-state index in [0.717, 1.165) is 46.5 Å². The molecular formula is C24H28N8. The number of likely N-dealkylation sites (tertiary alicyclic amines) is 1. The first-order valence-corrected chi connectivity index (χ1v) is 11.0. The molecule has 0 amide bonds. The third-order valence-electron chi connectivity index (χ3n) is 7.20. The zero-order valence-electron chi connectivity index (χ0n) is 18.8. The number of aromatic nitrogens is 3. The van der Waals surface area contributed by atoms with E-state index < -0.39 is 6.17 Å². The summed E-state index contributed by atoms with van der Waals surface area (Å²) in [5, 5.41) is 23.3. The molecule has 2 saturated heterocycles. The van der Waals surface area contributed by atoms with Crippen LogP contribution in [0.3, 0.4) is 0 Å². The molecule has 8 heteroatoms. The summed E-state index contributed by atoms with van der Waals surface area (Å²) in [5.74, 6) is 1.58. The first-order valence-electron chi connectivity index (χ1n) is 11.0. The molecule has 1 spiro atoms. The normalized spacial score (nSPS) is 18.5. The molecule has 5 rings (SSSR count). The Morgan fingerprint density at radius 1 is 1.22 bits per heavy atom. The lowest BCUT2D eigenvalue weighted by Crippen LogP contribution is -2.67. The Bertz CT molecular complexity index is 1220. The van der Waals surface area contributed by atoms with Crippen LogP contribution in [0.1, 0.15) is 41.4 Å². The molecule has 0 bridgehead atoms. The van der Waals surface area contributed by atoms with Gasteiger partial charge in [0.2, 0.25) is 0 Å². The molecule has 2 aliphatic heterocycles. The molecule has 3 N–H and O–H groups in total. The molecule has 32 heavy (non-hydrogen) atoms. The Morgan fingerprint density at radius 2 is 2.03 bits per heavy atom. The van der Waals surface area contributed by atoms with E-state index in [2.05, 4.69) is 44.5 Å². The first-order chi connectivity index (χ1) is 15.4. The Labute approximate surface area is 188 Å². The average molecular weight is 429 g/mol. The van der Waals surface area contributed by atoms with Crippen LogP contribution in [0.15, 0.2) is 30.5 Å². The van der Waals surface area contributed by atoms with Crippen molar-refractivity contribution in [2.24, 2.45) is 5.73 Å². The summed E-state index contributed by atoms with van der Waals surface area (Å²) in [6.45, 7) is 7.03. The molecule has 164 valence electrons. The highest BCUT2D eigenvalue weighted by Crippen LogP contribution is 2.39. The maximum atomic E-state index is 9.34. The maximum Gasteiger partial charge on any atom is 0.158 e. The number of hydrogen-bond acceptors (Lipinski definition) is 8. The van der Waals surface area contributed by atoms with Crippen molar-refractivity contribution in [3.63, 3.8) is 0 Å². The number of benzene rings is 1. The van der Waals surface area contributed by atoms with Crippen molar-refractivity contribution in [1.29, 1.82) is 5.26 Å². The number of nitrogens with zero attached hydrogens (tertiary/aromatic N) is 6. The smallest absolute Gasteiger partial charge is 0.158 e. The number of anilines is 2. The summed E-state index contributed by atoms with van der Waals surface area (Å²) in [4.78, 5) is 9.55. The van der Waals surface area contributed by atoms with E-state index in [1.165, 1.54) is 19.4 Å². The second kappa shape index (κ2) is 7.69. The van der Waals surface area contributed by atoms with E-state index in [9.17, 15) is 5.26 Å². The number of pyridine rings is 1. The largest absolute Gasteiger partial charge is 0.353 e. The fourth-order valence-corrected chi connectivity index (χ4v) is 5.08. The van der Waals surface area contributed by atoms with E-state index >= 15 is 0 Å². The van der Waals surface area contributed by atoms with Gasteiger partial charge < -0.3 is 16.0 Å². The van der Waals surface area contributed by atoms with Crippen molar-refractivity contribution in [2.45, 2.75) is 38.4 Å². The van der Waals surface area contributed by atoms with Gasteiger partial charge in [0, 0.05) is 30.1 Å². The zero-order chi connectivity index (χ0) is 22.5. The summed E-state index contributed by atoms with van der Waals surface area (Å²) in [6.07, 6.45) is 3.89. The van der Waals surface area contributed by atoms with Crippen LogP contribution in [0.2, 0.25) is 0 Å². The summed E-state index contributed by atoms with van der Waals surface area (Å²) in [7, 11) is 2.23. The highest BCUT2D eigenvalue weighted by Gasteiger charge is 2.48. The molecule has 1 aromatic carbocycles. The van der Waals surface area contributed by atoms with Crippen molar-refractivity contribution in [1.82, 2.24) is 20.1 Å². The molecule has 4 heterocycles. The van der Waals surface area contributed by atoms with E-state index in [0.29, 0.717) is 16.9 Å². The molecule has 0 radical (unpaired) electrons. The Balaban J connectivity index is 1.45. The Morgan fingerprint density at radius 3 is 2.75 bits per heavy atom. The first kappa shape index (κ1) is 20.6. The van der Waals surface area contributed by atoms with E-state index in [1.54, 1.807) is 6.07 Å². The Kier molecular flexibility index (Phi) is 4.96. The number of fused-ring (bicyclic) bond motifs is 1. The number of nitriles is 1. The van der Waals surface area contributed by atoms with Gasteiger partial charge in [-0.3, -0.25) is 4.90 Å². The summed E-state index contributed by atoms with van der Waals surface area (Å²) in [6, 6.07) is 9.89. The monoisotopic (exact) mass is 428 g/mol. The minimum absolute atomic E-state index is 0.301. The lowest BCUT2D eigenvalue weighted by atomic mass is 9.87. The van der Waals surface area contributed by atoms with Crippen molar-refractivity contribution in [2.75, 3.05) is 36.9 Å². The molecule has 0 saturated carbocycles. The summed E-state index contributed by atoms with van der Waals surface area (Å²) >= 11 is 0. The summed E-state index contributed by atoms with van der Waals surface area (Å²) < 4.78 is 0. The second-order valence-electron chi connectivity index (χ2n) is 9.08. The standard InChI is InChI=1S/C24H28N8/c1-15-17(11-25)6-4-7-18(15)22(26)28-23-19-10-21(27-12-20(19)16(2)29-30-23)32-13-24(14-32)8-5-9-31(24)3/h4,6-7,10,12,22H,5,8-9,13-14,26H2,1-3H3,(H,28,30)/t22-/m0/s1. The van der Waals surface area contributed by atoms with Crippen LogP contribution in [-0.4, -0.2) is 52.3 Å². The van der Waals surface area contributed by atoms with Crippen LogP contribution in [-0.2, 0) is 0 Å². The number of aryl methyl sites for hydroxylation is 1. The SMILES string of the molecule is Cc1c(C#N)cccc1[C@@H](N)Nc1nnc(C)c2cnc(N3CC4(CCCN4C)C3)cc12. The van der Waals surface area contributed by atoms with Crippen molar-refractivity contribution in [3.05, 3.63) is 52.8 Å². The maximum absolute atomic E-state index is 9.34. The van der Waals surface area contributed by atoms with Gasteiger partial charge >= 0.3 is 0 Å². The molecule has 0 aliphatic carbocycles. The van der Waals surface area contributed by atoms with Crippen LogP contribution in [0, 0.1) is 25.2 Å². The van der Waals surface area contributed by atoms with Crippen LogP contribution >= 0.6 is 0 Å². The Hall–Kier alpha value is -3.28. The predicted molar refractivity (Wildman–Crippen MR) is 125 cm³/mol. The predicted octanol–water partition coefficient (Wildman–Crippen LogP) is 2.87. The van der Waals surface area contributed by atoms with E-state index in [1.807, 2.05) is 32.2 Å². The molecule has 3 aromatic rings. The molecule has 2 aliphatic rings. The number of rotatable bonds is 4. The molecule has 8 nitrogen and oxygen atoms in total. The van der Waals surface area contributed by atoms with E-state index in [4.69, 9.17) is 10.7 Å². The molecule has 2 fully saturated rings. The van der Waals surface area contributed by atoms with Crippen molar-refractivity contribution < 1.29 is 0 Å². The van der Waals surface area contributed by atoms with Crippen LogP contribution in [0.25, 0.3) is 10.8 Å². The molecule has 2 aromatic heterocycles. The average Bonchev–Trinajstić information content (AvgIpc) is 3.16. The lowest BCUT2D eigenvalue weighted by Gasteiger charge is -2.52. The van der Waals surface area contributed by atoms with Gasteiger partial charge in [-0.25, -0.2) is 4.98 Å². The minimum atomic E-state index is -0.514. The number of likely N-dealkylation sites (N-methyl/N-ethyl adjacent to an activating group) is 1. The van der Waals surface area contributed by atoms with Crippen LogP contribution < -0.4 is 16.0 Å². The quantitative estimate of drug-likeness (QED) is 0.611. The molecule has 1 atom stereocenters. The minimum Gasteiger partial charge on any atom is -0.353 e. The van der Waals surface area contributed by atoms with Crippen LogP contribution in [0.5, 0.6) is 0 Å². The zero-order valence-corrected chi connectivity index (χ0v) is 18.8. The molecular weight excluding hydrogens is 400 g/mol. The third-order valence-corrected chi connectivity index (χ3v) is 7.20. The number of nitrogens with one attached hydrogen (secondary N) is 1. The second-order valence-corrected chi connectivity index (χ2v) is 9.08. The fraction of sp³-hybridized carbons (Fsp3) is 0.417. The summed E-state index contributed by atoms with van der Waals surface area (Å²) in [5.41, 5.74) is 9.97. The fourth-order valence-electron chi connectivity index (χ4n) is 5.08. The van der Waals surface area contributed by atoms with Gasteiger partial charge in [-0.1, -0.05) is 12.1 Å². The highest BCUT2D eigenvalue weighted by atomic mass is 15.4. The topological polar surface area (TPSA) is 107 Å². The van der Waals surface area contributed by atoms with Gasteiger partial charge in [-0.15, -0.1) is 5.10 Å². The van der Waals surface area contributed by atoms with Crippen molar-refractivity contribution in [3.8, 4) is 6.07 Å². The van der Waals surface area contributed by atoms with Gasteiger partial charge in [0.25, 0.3) is 0 Å².